The van der Waals surface area contributed by atoms with Gasteiger partial charge in [-0.05, 0) is 24.3 Å². The molecule has 2 heterocycles. The summed E-state index contributed by atoms with van der Waals surface area (Å²) in [7, 11) is -3.12. The molecule has 1 aliphatic heterocycles. The average Bonchev–Trinajstić information content (AvgIpc) is 2.88. The van der Waals surface area contributed by atoms with Gasteiger partial charge in [-0.2, -0.15) is 0 Å². The van der Waals surface area contributed by atoms with Gasteiger partial charge < -0.3 is 5.32 Å². The fraction of sp³-hybridized carbons (Fsp3) is 0.583. The molecule has 0 saturated carbocycles. The first-order valence-electron chi connectivity index (χ1n) is 6.22. The van der Waals surface area contributed by atoms with E-state index in [4.69, 9.17) is 0 Å². The number of nitrogens with zero attached hydrogens (tertiary/aromatic N) is 1. The topological polar surface area (TPSA) is 66.5 Å². The molecule has 7 heteroatoms. The molecule has 1 saturated heterocycles. The van der Waals surface area contributed by atoms with Crippen molar-refractivity contribution in [2.75, 3.05) is 19.3 Å². The maximum absolute atomic E-state index is 12.0. The van der Waals surface area contributed by atoms with Crippen LogP contribution in [0.5, 0.6) is 0 Å². The van der Waals surface area contributed by atoms with Crippen molar-refractivity contribution in [3.05, 3.63) is 22.4 Å². The fourth-order valence-corrected chi connectivity index (χ4v) is 3.70. The van der Waals surface area contributed by atoms with Gasteiger partial charge in [-0.1, -0.05) is 6.07 Å². The maximum Gasteiger partial charge on any atom is 0.223 e. The van der Waals surface area contributed by atoms with E-state index < -0.39 is 10.0 Å². The summed E-state index contributed by atoms with van der Waals surface area (Å²) >= 11 is 1.61. The van der Waals surface area contributed by atoms with Gasteiger partial charge >= 0.3 is 0 Å². The standard InChI is InChI=1S/C12H18N2O3S2/c1-19(16,17)14-6-4-10(5-7-14)12(15)13-9-11-3-2-8-18-11/h2-3,8,10H,4-7,9H2,1H3,(H,13,15). The van der Waals surface area contributed by atoms with E-state index in [0.717, 1.165) is 4.88 Å². The Morgan fingerprint density at radius 2 is 2.16 bits per heavy atom. The smallest absolute Gasteiger partial charge is 0.223 e. The normalized spacial score (nSPS) is 18.4. The quantitative estimate of drug-likeness (QED) is 0.903. The van der Waals surface area contributed by atoms with Crippen LogP contribution in [-0.2, 0) is 21.4 Å². The van der Waals surface area contributed by atoms with Crippen molar-refractivity contribution >= 4 is 27.3 Å². The number of hydrogen-bond donors (Lipinski definition) is 1. The molecule has 106 valence electrons. The van der Waals surface area contributed by atoms with Crippen LogP contribution in [0.1, 0.15) is 17.7 Å². The van der Waals surface area contributed by atoms with Crippen molar-refractivity contribution in [2.45, 2.75) is 19.4 Å². The Morgan fingerprint density at radius 3 is 2.68 bits per heavy atom. The second kappa shape index (κ2) is 6.02. The Kier molecular flexibility index (Phi) is 4.59. The zero-order valence-corrected chi connectivity index (χ0v) is 12.5. The number of piperidine rings is 1. The molecular weight excluding hydrogens is 284 g/mol. The summed E-state index contributed by atoms with van der Waals surface area (Å²) in [6.07, 6.45) is 2.41. The first kappa shape index (κ1) is 14.5. The van der Waals surface area contributed by atoms with Crippen molar-refractivity contribution in [3.63, 3.8) is 0 Å². The lowest BCUT2D eigenvalue weighted by Crippen LogP contribution is -2.42. The fourth-order valence-electron chi connectivity index (χ4n) is 2.18. The van der Waals surface area contributed by atoms with Gasteiger partial charge in [-0.25, -0.2) is 12.7 Å². The first-order valence-corrected chi connectivity index (χ1v) is 8.95. The predicted octanol–water partition coefficient (Wildman–Crippen LogP) is 1.04. The van der Waals surface area contributed by atoms with Crippen LogP contribution in [-0.4, -0.2) is 38.0 Å². The minimum absolute atomic E-state index is 0.0292. The molecule has 0 bridgehead atoms. The van der Waals surface area contributed by atoms with Crippen LogP contribution in [0.3, 0.4) is 0 Å². The largest absolute Gasteiger partial charge is 0.351 e. The number of rotatable bonds is 4. The van der Waals surface area contributed by atoms with Gasteiger partial charge in [0.25, 0.3) is 0 Å². The highest BCUT2D eigenvalue weighted by Gasteiger charge is 2.28. The van der Waals surface area contributed by atoms with Crippen molar-refractivity contribution < 1.29 is 13.2 Å². The number of carbonyl (C=O) groups is 1. The third-order valence-electron chi connectivity index (χ3n) is 3.31. The number of hydrogen-bond acceptors (Lipinski definition) is 4. The zero-order valence-electron chi connectivity index (χ0n) is 10.8. The van der Waals surface area contributed by atoms with E-state index in [1.807, 2.05) is 17.5 Å². The zero-order chi connectivity index (χ0) is 13.9. The molecule has 0 aromatic carbocycles. The van der Waals surface area contributed by atoms with Gasteiger partial charge in [0, 0.05) is 23.9 Å². The summed E-state index contributed by atoms with van der Waals surface area (Å²) in [5, 5.41) is 4.89. The molecule has 1 aromatic heterocycles. The molecule has 1 N–H and O–H groups in total. The Morgan fingerprint density at radius 1 is 1.47 bits per heavy atom. The summed E-state index contributed by atoms with van der Waals surface area (Å²) in [6, 6.07) is 3.94. The number of amides is 1. The number of nitrogens with one attached hydrogen (secondary N) is 1. The third kappa shape index (κ3) is 4.02. The molecule has 0 radical (unpaired) electrons. The summed E-state index contributed by atoms with van der Waals surface area (Å²) in [5.74, 6) is -0.0421. The molecule has 1 fully saturated rings. The molecule has 19 heavy (non-hydrogen) atoms. The molecule has 1 aromatic rings. The maximum atomic E-state index is 12.0. The van der Waals surface area contributed by atoms with Crippen LogP contribution in [0, 0.1) is 5.92 Å². The summed E-state index contributed by atoms with van der Waals surface area (Å²) < 4.78 is 24.2. The van der Waals surface area contributed by atoms with E-state index in [1.54, 1.807) is 11.3 Å². The van der Waals surface area contributed by atoms with Gasteiger partial charge in [0.1, 0.15) is 0 Å². The molecule has 0 spiro atoms. The Balaban J connectivity index is 1.79. The van der Waals surface area contributed by atoms with E-state index in [9.17, 15) is 13.2 Å². The molecule has 2 rings (SSSR count). The molecule has 1 amide bonds. The molecule has 1 aliphatic rings. The third-order valence-corrected chi connectivity index (χ3v) is 5.49. The summed E-state index contributed by atoms with van der Waals surface area (Å²) in [6.45, 7) is 1.44. The SMILES string of the molecule is CS(=O)(=O)N1CCC(C(=O)NCc2cccs2)CC1. The minimum atomic E-state index is -3.12. The van der Waals surface area contributed by atoms with Crippen LogP contribution in [0.25, 0.3) is 0 Å². The van der Waals surface area contributed by atoms with Crippen LogP contribution in [0.15, 0.2) is 17.5 Å². The van der Waals surface area contributed by atoms with Crippen molar-refractivity contribution in [1.82, 2.24) is 9.62 Å². The van der Waals surface area contributed by atoms with E-state index in [1.165, 1.54) is 10.6 Å². The lowest BCUT2D eigenvalue weighted by Gasteiger charge is -2.29. The van der Waals surface area contributed by atoms with Crippen LogP contribution in [0.4, 0.5) is 0 Å². The van der Waals surface area contributed by atoms with Gasteiger partial charge in [0.15, 0.2) is 0 Å². The van der Waals surface area contributed by atoms with E-state index in [2.05, 4.69) is 5.32 Å². The highest BCUT2D eigenvalue weighted by molar-refractivity contribution is 7.88. The van der Waals surface area contributed by atoms with E-state index >= 15 is 0 Å². The monoisotopic (exact) mass is 302 g/mol. The highest BCUT2D eigenvalue weighted by atomic mass is 32.2. The van der Waals surface area contributed by atoms with E-state index in [-0.39, 0.29) is 11.8 Å². The van der Waals surface area contributed by atoms with Crippen molar-refractivity contribution in [3.8, 4) is 0 Å². The molecule has 5 nitrogen and oxygen atoms in total. The van der Waals surface area contributed by atoms with Crippen molar-refractivity contribution in [1.29, 1.82) is 0 Å². The Hall–Kier alpha value is -0.920. The second-order valence-electron chi connectivity index (χ2n) is 4.73. The summed E-state index contributed by atoms with van der Waals surface area (Å²) in [5.41, 5.74) is 0. The molecule has 0 atom stereocenters. The lowest BCUT2D eigenvalue weighted by molar-refractivity contribution is -0.126. The number of thiophene rings is 1. The second-order valence-corrected chi connectivity index (χ2v) is 7.75. The Labute approximate surface area is 117 Å². The molecular formula is C12H18N2O3S2. The minimum Gasteiger partial charge on any atom is -0.351 e. The van der Waals surface area contributed by atoms with E-state index in [0.29, 0.717) is 32.5 Å². The molecule has 0 unspecified atom stereocenters. The average molecular weight is 302 g/mol. The van der Waals surface area contributed by atoms with Crippen molar-refractivity contribution in [2.24, 2.45) is 5.92 Å². The van der Waals surface area contributed by atoms with Gasteiger partial charge in [0.05, 0.1) is 12.8 Å². The van der Waals surface area contributed by atoms with Gasteiger partial charge in [-0.3, -0.25) is 4.79 Å². The lowest BCUT2D eigenvalue weighted by atomic mass is 9.97. The summed E-state index contributed by atoms with van der Waals surface area (Å²) in [4.78, 5) is 13.1. The predicted molar refractivity (Wildman–Crippen MR) is 75.3 cm³/mol. The Bertz CT molecular complexity index is 517. The molecule has 0 aliphatic carbocycles. The first-order chi connectivity index (χ1) is 8.97. The van der Waals surface area contributed by atoms with Gasteiger partial charge in [-0.15, -0.1) is 11.3 Å². The number of sulfonamides is 1. The number of carbonyl (C=O) groups excluding carboxylic acids is 1. The van der Waals surface area contributed by atoms with Crippen LogP contribution < -0.4 is 5.32 Å². The van der Waals surface area contributed by atoms with Crippen LogP contribution in [0.2, 0.25) is 0 Å². The van der Waals surface area contributed by atoms with Gasteiger partial charge in [0.2, 0.25) is 15.9 Å². The highest BCUT2D eigenvalue weighted by Crippen LogP contribution is 2.19. The van der Waals surface area contributed by atoms with Crippen LogP contribution >= 0.6 is 11.3 Å².